The van der Waals surface area contributed by atoms with Crippen LogP contribution >= 0.6 is 0 Å². The normalized spacial score (nSPS) is 21.9. The van der Waals surface area contributed by atoms with Crippen LogP contribution in [0, 0.1) is 5.92 Å². The first kappa shape index (κ1) is 17.8. The topological polar surface area (TPSA) is 66.5 Å². The minimum absolute atomic E-state index is 0.0483. The summed E-state index contributed by atoms with van der Waals surface area (Å²) in [6.07, 6.45) is 0. The summed E-state index contributed by atoms with van der Waals surface area (Å²) in [6.45, 7) is 6.89. The van der Waals surface area contributed by atoms with Gasteiger partial charge >= 0.3 is 6.03 Å². The molecule has 0 spiro atoms. The Balaban J connectivity index is 1.97. The average molecular weight is 338 g/mol. The third-order valence-electron chi connectivity index (χ3n) is 4.44. The first-order chi connectivity index (χ1) is 10.8. The van der Waals surface area contributed by atoms with Crippen molar-refractivity contribution in [3.8, 4) is 0 Å². The predicted molar refractivity (Wildman–Crippen MR) is 92.2 cm³/mol. The number of urea groups is 1. The highest BCUT2D eigenvalue weighted by molar-refractivity contribution is 7.91. The summed E-state index contributed by atoms with van der Waals surface area (Å²) in [5, 5.41) is 2.98. The summed E-state index contributed by atoms with van der Waals surface area (Å²) < 4.78 is 23.2. The lowest BCUT2D eigenvalue weighted by atomic mass is 9.88. The highest BCUT2D eigenvalue weighted by Crippen LogP contribution is 2.23. The zero-order chi connectivity index (χ0) is 17.0. The Labute approximate surface area is 139 Å². The Hall–Kier alpha value is -1.56. The molecule has 5 nitrogen and oxygen atoms in total. The highest BCUT2D eigenvalue weighted by Gasteiger charge is 2.31. The van der Waals surface area contributed by atoms with Crippen LogP contribution in [0.3, 0.4) is 0 Å². The molecule has 23 heavy (non-hydrogen) atoms. The molecule has 1 aliphatic rings. The van der Waals surface area contributed by atoms with Crippen LogP contribution in [0.4, 0.5) is 4.79 Å². The Bertz CT molecular complexity index is 628. The van der Waals surface area contributed by atoms with Gasteiger partial charge in [0.05, 0.1) is 11.5 Å². The number of benzene rings is 1. The van der Waals surface area contributed by atoms with E-state index in [0.717, 1.165) is 0 Å². The molecule has 0 aliphatic carbocycles. The highest BCUT2D eigenvalue weighted by atomic mass is 32.2. The maximum absolute atomic E-state index is 12.4. The third-order valence-corrected chi connectivity index (χ3v) is 6.23. The van der Waals surface area contributed by atoms with Crippen molar-refractivity contribution in [2.24, 2.45) is 5.92 Å². The van der Waals surface area contributed by atoms with E-state index in [1.54, 1.807) is 11.8 Å². The molecule has 0 bridgehead atoms. The van der Waals surface area contributed by atoms with Crippen molar-refractivity contribution >= 4 is 15.9 Å². The fourth-order valence-corrected chi connectivity index (χ4v) is 4.59. The largest absolute Gasteiger partial charge is 0.337 e. The van der Waals surface area contributed by atoms with Gasteiger partial charge in [0.2, 0.25) is 0 Å². The number of hydrogen-bond acceptors (Lipinski definition) is 3. The second kappa shape index (κ2) is 7.34. The average Bonchev–Trinajstić information content (AvgIpc) is 2.47. The fourth-order valence-electron chi connectivity index (χ4n) is 3.04. The second-order valence-corrected chi connectivity index (χ2v) is 8.83. The minimum atomic E-state index is -3.01. The van der Waals surface area contributed by atoms with Crippen molar-refractivity contribution in [1.82, 2.24) is 10.2 Å². The molecule has 1 aromatic carbocycles. The lowest BCUT2D eigenvalue weighted by Gasteiger charge is -2.34. The minimum Gasteiger partial charge on any atom is -0.337 e. The maximum Gasteiger partial charge on any atom is 0.317 e. The Morgan fingerprint density at radius 2 is 1.96 bits per heavy atom. The Kier molecular flexibility index (Phi) is 5.68. The molecule has 6 heteroatoms. The first-order valence-corrected chi connectivity index (χ1v) is 9.92. The zero-order valence-corrected chi connectivity index (χ0v) is 14.8. The molecule has 1 N–H and O–H groups in total. The quantitative estimate of drug-likeness (QED) is 0.916. The number of carbonyl (C=O) groups excluding carboxylic acids is 1. The number of hydrogen-bond donors (Lipinski definition) is 1. The van der Waals surface area contributed by atoms with Crippen molar-refractivity contribution in [3.63, 3.8) is 0 Å². The van der Waals surface area contributed by atoms with Crippen LogP contribution in [0.25, 0.3) is 0 Å². The molecule has 0 unspecified atom stereocenters. The molecule has 1 aliphatic heterocycles. The summed E-state index contributed by atoms with van der Waals surface area (Å²) in [4.78, 5) is 14.0. The fraction of sp³-hybridized carbons (Fsp3) is 0.588. The lowest BCUT2D eigenvalue weighted by molar-refractivity contribution is 0.183. The van der Waals surface area contributed by atoms with Gasteiger partial charge < -0.3 is 10.2 Å². The Morgan fingerprint density at radius 3 is 2.52 bits per heavy atom. The van der Waals surface area contributed by atoms with Crippen LogP contribution in [-0.4, -0.2) is 50.0 Å². The molecule has 0 saturated carbocycles. The number of carbonyl (C=O) groups is 1. The number of amides is 2. The van der Waals surface area contributed by atoms with Crippen LogP contribution in [0.15, 0.2) is 30.3 Å². The lowest BCUT2D eigenvalue weighted by Crippen LogP contribution is -2.53. The molecular weight excluding hydrogens is 312 g/mol. The third kappa shape index (κ3) is 4.70. The molecule has 2 amide bonds. The van der Waals surface area contributed by atoms with Gasteiger partial charge in [-0.1, -0.05) is 44.2 Å². The van der Waals surface area contributed by atoms with Gasteiger partial charge in [0.25, 0.3) is 0 Å². The molecule has 2 rings (SSSR count). The van der Waals surface area contributed by atoms with Gasteiger partial charge in [-0.3, -0.25) is 0 Å². The summed E-state index contributed by atoms with van der Waals surface area (Å²) >= 11 is 0. The van der Waals surface area contributed by atoms with E-state index in [0.29, 0.717) is 12.5 Å². The van der Waals surface area contributed by atoms with Crippen molar-refractivity contribution in [1.29, 1.82) is 0 Å². The molecule has 1 fully saturated rings. The van der Waals surface area contributed by atoms with Crippen LogP contribution in [-0.2, 0) is 9.84 Å². The zero-order valence-electron chi connectivity index (χ0n) is 14.0. The summed E-state index contributed by atoms with van der Waals surface area (Å²) in [5.41, 5.74) is 1.21. The predicted octanol–water partition coefficient (Wildman–Crippen LogP) is 2.25. The molecule has 1 saturated heterocycles. The van der Waals surface area contributed by atoms with Gasteiger partial charge in [-0.2, -0.15) is 0 Å². The van der Waals surface area contributed by atoms with Crippen molar-refractivity contribution < 1.29 is 13.2 Å². The van der Waals surface area contributed by atoms with E-state index in [9.17, 15) is 13.2 Å². The summed E-state index contributed by atoms with van der Waals surface area (Å²) in [6, 6.07) is 9.69. The van der Waals surface area contributed by atoms with Gasteiger partial charge in [-0.25, -0.2) is 13.2 Å². The standard InChI is InChI=1S/C17H26N2O3S/c1-13(2)16(15-7-5-4-6-8-15)11-18-17(20)19-9-10-23(21,22)12-14(19)3/h4-8,13-14,16H,9-12H2,1-3H3,(H,18,20)/t14-,16+/m1/s1. The van der Waals surface area contributed by atoms with E-state index in [2.05, 4.69) is 31.3 Å². The number of sulfone groups is 1. The van der Waals surface area contributed by atoms with Gasteiger partial charge in [0, 0.05) is 25.0 Å². The Morgan fingerprint density at radius 1 is 1.30 bits per heavy atom. The van der Waals surface area contributed by atoms with Gasteiger partial charge in [-0.05, 0) is 18.4 Å². The number of rotatable bonds is 4. The summed E-state index contributed by atoms with van der Waals surface area (Å²) in [7, 11) is -3.01. The van der Waals surface area contributed by atoms with Crippen molar-refractivity contribution in [3.05, 3.63) is 35.9 Å². The van der Waals surface area contributed by atoms with Crippen molar-refractivity contribution in [2.45, 2.75) is 32.7 Å². The monoisotopic (exact) mass is 338 g/mol. The van der Waals surface area contributed by atoms with Crippen LogP contribution in [0.2, 0.25) is 0 Å². The van der Waals surface area contributed by atoms with Crippen molar-refractivity contribution in [2.75, 3.05) is 24.6 Å². The van der Waals surface area contributed by atoms with Gasteiger partial charge in [0.15, 0.2) is 9.84 Å². The first-order valence-electron chi connectivity index (χ1n) is 8.10. The molecule has 0 aromatic heterocycles. The molecule has 128 valence electrons. The summed E-state index contributed by atoms with van der Waals surface area (Å²) in [5.74, 6) is 0.741. The molecule has 1 aromatic rings. The van der Waals surface area contributed by atoms with E-state index in [-0.39, 0.29) is 36.0 Å². The maximum atomic E-state index is 12.4. The van der Waals surface area contributed by atoms with Crippen LogP contribution < -0.4 is 5.32 Å². The smallest absolute Gasteiger partial charge is 0.317 e. The SMILES string of the molecule is CC(C)[C@H](CNC(=O)N1CCS(=O)(=O)C[C@H]1C)c1ccccc1. The molecule has 1 heterocycles. The van der Waals surface area contributed by atoms with E-state index in [1.807, 2.05) is 18.2 Å². The second-order valence-electron chi connectivity index (χ2n) is 6.60. The van der Waals surface area contributed by atoms with E-state index in [1.165, 1.54) is 5.56 Å². The molecule has 0 radical (unpaired) electrons. The van der Waals surface area contributed by atoms with E-state index >= 15 is 0 Å². The molecular formula is C17H26N2O3S. The van der Waals surface area contributed by atoms with E-state index in [4.69, 9.17) is 0 Å². The van der Waals surface area contributed by atoms with Gasteiger partial charge in [-0.15, -0.1) is 0 Å². The van der Waals surface area contributed by atoms with Crippen LogP contribution in [0.5, 0.6) is 0 Å². The van der Waals surface area contributed by atoms with E-state index < -0.39 is 9.84 Å². The molecule has 2 atom stereocenters. The number of nitrogens with one attached hydrogen (secondary N) is 1. The number of nitrogens with zero attached hydrogens (tertiary/aromatic N) is 1. The van der Waals surface area contributed by atoms with Gasteiger partial charge in [0.1, 0.15) is 0 Å². The van der Waals surface area contributed by atoms with Crippen LogP contribution in [0.1, 0.15) is 32.3 Å².